The average Bonchev–Trinajstić information content (AvgIpc) is 2.70. The minimum Gasteiger partial charge on any atom is -0.340 e. The normalized spacial score (nSPS) is 13.1. The number of nitrogens with two attached hydrogens (primary N) is 1. The molecule has 0 saturated carbocycles. The summed E-state index contributed by atoms with van der Waals surface area (Å²) in [6.45, 7) is 1.91. The van der Waals surface area contributed by atoms with Gasteiger partial charge in [-0.1, -0.05) is 0 Å². The van der Waals surface area contributed by atoms with E-state index >= 15 is 0 Å². The van der Waals surface area contributed by atoms with Gasteiger partial charge in [0.15, 0.2) is 0 Å². The Balaban J connectivity index is 2.33. The van der Waals surface area contributed by atoms with E-state index in [9.17, 15) is 0 Å². The van der Waals surface area contributed by atoms with Gasteiger partial charge >= 0.3 is 0 Å². The van der Waals surface area contributed by atoms with E-state index in [1.165, 1.54) is 0 Å². The van der Waals surface area contributed by atoms with Crippen LogP contribution in [0.25, 0.3) is 10.6 Å². The number of rotatable bonds is 2. The molecule has 2 aromatic heterocycles. The van der Waals surface area contributed by atoms with Gasteiger partial charge in [-0.15, -0.1) is 11.3 Å². The molecule has 3 nitrogen and oxygen atoms in total. The first-order valence-electron chi connectivity index (χ1n) is 4.23. The fraction of sp³-hybridized carbons (Fsp3) is 0.222. The van der Waals surface area contributed by atoms with E-state index in [0.29, 0.717) is 0 Å². The summed E-state index contributed by atoms with van der Waals surface area (Å²) in [5.74, 6) is 0.824. The Morgan fingerprint density at radius 2 is 2.36 bits per heavy atom. The number of hydrogen-bond acceptors (Lipinski definition) is 3. The highest BCUT2D eigenvalue weighted by Gasteiger charge is 2.07. The van der Waals surface area contributed by atoms with Gasteiger partial charge in [0.1, 0.15) is 5.82 Å². The van der Waals surface area contributed by atoms with E-state index in [1.54, 1.807) is 11.3 Å². The second kappa shape index (κ2) is 3.84. The topological polar surface area (TPSA) is 54.7 Å². The lowest BCUT2D eigenvalue weighted by molar-refractivity contribution is 0.756. The van der Waals surface area contributed by atoms with Crippen LogP contribution >= 0.6 is 27.3 Å². The van der Waals surface area contributed by atoms with E-state index < -0.39 is 0 Å². The zero-order chi connectivity index (χ0) is 10.1. The number of aromatic nitrogens is 2. The van der Waals surface area contributed by atoms with Crippen molar-refractivity contribution in [2.75, 3.05) is 0 Å². The van der Waals surface area contributed by atoms with Gasteiger partial charge in [-0.05, 0) is 35.0 Å². The largest absolute Gasteiger partial charge is 0.340 e. The van der Waals surface area contributed by atoms with Crippen molar-refractivity contribution in [3.8, 4) is 10.6 Å². The molecule has 0 aliphatic rings. The first-order chi connectivity index (χ1) is 6.66. The molecule has 1 atom stereocenters. The lowest BCUT2D eigenvalue weighted by Gasteiger charge is -1.97. The Morgan fingerprint density at radius 3 is 2.86 bits per heavy atom. The summed E-state index contributed by atoms with van der Waals surface area (Å²) in [4.78, 5) is 8.57. The predicted molar refractivity (Wildman–Crippen MR) is 62.2 cm³/mol. The molecule has 0 fully saturated rings. The van der Waals surface area contributed by atoms with Crippen LogP contribution in [0.5, 0.6) is 0 Å². The van der Waals surface area contributed by atoms with Gasteiger partial charge in [0.25, 0.3) is 0 Å². The highest BCUT2D eigenvalue weighted by Crippen LogP contribution is 2.30. The molecule has 2 rings (SSSR count). The van der Waals surface area contributed by atoms with Gasteiger partial charge < -0.3 is 10.7 Å². The number of nitrogens with one attached hydrogen (secondary N) is 1. The van der Waals surface area contributed by atoms with Crippen LogP contribution in [-0.2, 0) is 0 Å². The SMILES string of the molecule is CC(N)c1ncc(-c2ccc(Br)s2)[nH]1. The fourth-order valence-corrected chi connectivity index (χ4v) is 2.50. The lowest BCUT2D eigenvalue weighted by Crippen LogP contribution is -2.06. The van der Waals surface area contributed by atoms with E-state index in [0.717, 1.165) is 20.2 Å². The molecule has 2 aromatic rings. The Kier molecular flexibility index (Phi) is 2.71. The van der Waals surface area contributed by atoms with Crippen molar-refractivity contribution in [2.24, 2.45) is 5.73 Å². The maximum atomic E-state index is 5.71. The molecule has 0 aliphatic heterocycles. The van der Waals surface area contributed by atoms with Crippen LogP contribution < -0.4 is 5.73 Å². The zero-order valence-corrected chi connectivity index (χ0v) is 10.0. The first-order valence-corrected chi connectivity index (χ1v) is 5.84. The number of halogens is 1. The minimum absolute atomic E-state index is 0.0489. The summed E-state index contributed by atoms with van der Waals surface area (Å²) in [5, 5.41) is 0. The number of imidazole rings is 1. The highest BCUT2D eigenvalue weighted by molar-refractivity contribution is 9.11. The van der Waals surface area contributed by atoms with Crippen molar-refractivity contribution in [3.63, 3.8) is 0 Å². The summed E-state index contributed by atoms with van der Waals surface area (Å²) in [7, 11) is 0. The molecule has 14 heavy (non-hydrogen) atoms. The van der Waals surface area contributed by atoms with E-state index in [1.807, 2.05) is 25.3 Å². The van der Waals surface area contributed by atoms with Crippen LogP contribution in [0.4, 0.5) is 0 Å². The second-order valence-corrected chi connectivity index (χ2v) is 5.54. The van der Waals surface area contributed by atoms with Crippen molar-refractivity contribution in [2.45, 2.75) is 13.0 Å². The summed E-state index contributed by atoms with van der Waals surface area (Å²) < 4.78 is 1.12. The Morgan fingerprint density at radius 1 is 1.57 bits per heavy atom. The third kappa shape index (κ3) is 1.89. The lowest BCUT2D eigenvalue weighted by atomic mass is 10.3. The van der Waals surface area contributed by atoms with Crippen LogP contribution in [-0.4, -0.2) is 9.97 Å². The summed E-state index contributed by atoms with van der Waals surface area (Å²) in [5.41, 5.74) is 6.73. The molecule has 3 N–H and O–H groups in total. The van der Waals surface area contributed by atoms with Crippen molar-refractivity contribution in [1.29, 1.82) is 0 Å². The van der Waals surface area contributed by atoms with E-state index in [4.69, 9.17) is 5.73 Å². The number of H-pyrrole nitrogens is 1. The van der Waals surface area contributed by atoms with Crippen LogP contribution in [0.15, 0.2) is 22.1 Å². The van der Waals surface area contributed by atoms with Crippen molar-refractivity contribution >= 4 is 27.3 Å². The third-order valence-corrected chi connectivity index (χ3v) is 3.52. The van der Waals surface area contributed by atoms with Crippen LogP contribution in [0.3, 0.4) is 0 Å². The fourth-order valence-electron chi connectivity index (χ4n) is 1.15. The molecule has 0 radical (unpaired) electrons. The van der Waals surface area contributed by atoms with Gasteiger partial charge in [0.2, 0.25) is 0 Å². The highest BCUT2D eigenvalue weighted by atomic mass is 79.9. The molecule has 0 spiro atoms. The van der Waals surface area contributed by atoms with Gasteiger partial charge in [-0.2, -0.15) is 0 Å². The van der Waals surface area contributed by atoms with Gasteiger partial charge in [-0.3, -0.25) is 0 Å². The van der Waals surface area contributed by atoms with Crippen LogP contribution in [0, 0.1) is 0 Å². The Bertz CT molecular complexity index is 433. The molecular formula is C9H10BrN3S. The summed E-state index contributed by atoms with van der Waals surface area (Å²) >= 11 is 5.10. The van der Waals surface area contributed by atoms with E-state index in [-0.39, 0.29) is 6.04 Å². The quantitative estimate of drug-likeness (QED) is 0.883. The molecule has 0 aliphatic carbocycles. The van der Waals surface area contributed by atoms with Crippen molar-refractivity contribution < 1.29 is 0 Å². The molecule has 5 heteroatoms. The molecule has 0 saturated heterocycles. The van der Waals surface area contributed by atoms with Crippen LogP contribution in [0.1, 0.15) is 18.8 Å². The van der Waals surface area contributed by atoms with Gasteiger partial charge in [0, 0.05) is 0 Å². The number of aromatic amines is 1. The van der Waals surface area contributed by atoms with E-state index in [2.05, 4.69) is 25.9 Å². The van der Waals surface area contributed by atoms with Gasteiger partial charge in [0.05, 0.1) is 26.6 Å². The number of hydrogen-bond donors (Lipinski definition) is 2. The summed E-state index contributed by atoms with van der Waals surface area (Å²) in [6, 6.07) is 4.02. The molecule has 0 amide bonds. The maximum absolute atomic E-state index is 5.71. The number of thiophene rings is 1. The Labute approximate surface area is 94.5 Å². The summed E-state index contributed by atoms with van der Waals surface area (Å²) in [6.07, 6.45) is 1.82. The molecular weight excluding hydrogens is 262 g/mol. The molecule has 74 valence electrons. The van der Waals surface area contributed by atoms with Crippen LogP contribution in [0.2, 0.25) is 0 Å². The van der Waals surface area contributed by atoms with Crippen molar-refractivity contribution in [3.05, 3.63) is 27.9 Å². The zero-order valence-electron chi connectivity index (χ0n) is 7.62. The third-order valence-electron chi connectivity index (χ3n) is 1.87. The molecule has 0 aromatic carbocycles. The van der Waals surface area contributed by atoms with Crippen molar-refractivity contribution in [1.82, 2.24) is 9.97 Å². The average molecular weight is 272 g/mol. The Hall–Kier alpha value is -0.650. The monoisotopic (exact) mass is 271 g/mol. The molecule has 0 bridgehead atoms. The maximum Gasteiger partial charge on any atom is 0.123 e. The second-order valence-electron chi connectivity index (χ2n) is 3.07. The molecule has 1 unspecified atom stereocenters. The predicted octanol–water partition coefficient (Wildman–Crippen LogP) is 2.92. The minimum atomic E-state index is -0.0489. The molecule has 2 heterocycles. The van der Waals surface area contributed by atoms with Gasteiger partial charge in [-0.25, -0.2) is 4.98 Å². The number of nitrogens with zero attached hydrogens (tertiary/aromatic N) is 1. The first kappa shape index (κ1) is 9.89. The smallest absolute Gasteiger partial charge is 0.123 e. The standard InChI is InChI=1S/C9H10BrN3S/c1-5(11)9-12-4-6(13-9)7-2-3-8(10)14-7/h2-5H,11H2,1H3,(H,12,13).